The third kappa shape index (κ3) is 8.05. The Hall–Kier alpha value is -3.54. The fourth-order valence-corrected chi connectivity index (χ4v) is 5.78. The van der Waals surface area contributed by atoms with E-state index in [2.05, 4.69) is 13.8 Å². The van der Waals surface area contributed by atoms with Crippen molar-refractivity contribution >= 4 is 35.2 Å². The fraction of sp³-hybridized carbons (Fsp3) is 0.500. The first-order valence-electron chi connectivity index (χ1n) is 14.8. The summed E-state index contributed by atoms with van der Waals surface area (Å²) in [4.78, 5) is 50.2. The monoisotopic (exact) mass is 574 g/mol. The summed E-state index contributed by atoms with van der Waals surface area (Å²) in [6.45, 7) is 15.8. The van der Waals surface area contributed by atoms with Crippen LogP contribution in [0.15, 0.2) is 59.7 Å². The zero-order chi connectivity index (χ0) is 31.5. The van der Waals surface area contributed by atoms with Crippen LogP contribution in [0.1, 0.15) is 105 Å². The molecule has 1 N–H and O–H groups in total. The summed E-state index contributed by atoms with van der Waals surface area (Å²) in [6, 6.07) is 7.59. The summed E-state index contributed by atoms with van der Waals surface area (Å²) in [6.07, 6.45) is 11.4. The Morgan fingerprint density at radius 3 is 1.62 bits per heavy atom. The lowest BCUT2D eigenvalue weighted by Crippen LogP contribution is -2.25. The molecule has 0 bridgehead atoms. The van der Waals surface area contributed by atoms with E-state index in [1.54, 1.807) is 13.8 Å². The number of hydrogen-bond acceptors (Lipinski definition) is 5. The maximum Gasteiger partial charge on any atom is 0.309 e. The van der Waals surface area contributed by atoms with Crippen LogP contribution in [0.3, 0.4) is 0 Å². The van der Waals surface area contributed by atoms with E-state index in [-0.39, 0.29) is 22.4 Å². The zero-order valence-electron chi connectivity index (χ0n) is 26.4. The summed E-state index contributed by atoms with van der Waals surface area (Å²) in [5.74, 6) is -0.974. The molecule has 2 aliphatic rings. The first-order chi connectivity index (χ1) is 19.4. The molecule has 0 amide bonds. The molecule has 6 nitrogen and oxygen atoms in total. The van der Waals surface area contributed by atoms with Crippen molar-refractivity contribution in [2.45, 2.75) is 99.5 Å². The smallest absolute Gasteiger partial charge is 0.309 e. The molecular weight excluding hydrogens is 528 g/mol. The Kier molecular flexibility index (Phi) is 9.71. The Balaban J connectivity index is 1.91. The molecule has 0 atom stereocenters. The van der Waals surface area contributed by atoms with Gasteiger partial charge in [0.2, 0.25) is 0 Å². The molecule has 0 saturated heterocycles. The number of ether oxygens (including phenoxy) is 1. The van der Waals surface area contributed by atoms with Gasteiger partial charge in [-0.1, -0.05) is 76.3 Å². The average molecular weight is 575 g/mol. The molecule has 0 aromatic heterocycles. The van der Waals surface area contributed by atoms with Crippen LogP contribution in [0.5, 0.6) is 0 Å². The van der Waals surface area contributed by atoms with Crippen LogP contribution in [0.25, 0.3) is 11.1 Å². The quantitative estimate of drug-likeness (QED) is 0.240. The van der Waals surface area contributed by atoms with Gasteiger partial charge < -0.3 is 9.84 Å². The van der Waals surface area contributed by atoms with E-state index in [0.29, 0.717) is 61.7 Å². The first kappa shape index (κ1) is 33.0. The van der Waals surface area contributed by atoms with Crippen molar-refractivity contribution in [3.05, 3.63) is 70.8 Å². The predicted octanol–water partition coefficient (Wildman–Crippen LogP) is 7.93. The second-order valence-electron chi connectivity index (χ2n) is 14.2. The van der Waals surface area contributed by atoms with E-state index < -0.39 is 17.0 Å². The third-order valence-electron chi connectivity index (χ3n) is 8.12. The second-order valence-corrected chi connectivity index (χ2v) is 14.2. The van der Waals surface area contributed by atoms with E-state index in [4.69, 9.17) is 4.74 Å². The minimum Gasteiger partial charge on any atom is -0.481 e. The Morgan fingerprint density at radius 2 is 1.21 bits per heavy atom. The minimum absolute atomic E-state index is 0.0503. The van der Waals surface area contributed by atoms with Crippen molar-refractivity contribution < 1.29 is 29.0 Å². The highest BCUT2D eigenvalue weighted by atomic mass is 16.5. The number of Topliss-reactive ketones (excluding diaryl/α,β-unsaturated/α-hetero) is 2. The predicted molar refractivity (Wildman–Crippen MR) is 166 cm³/mol. The van der Waals surface area contributed by atoms with Gasteiger partial charge in [-0.3, -0.25) is 19.2 Å². The fourth-order valence-electron chi connectivity index (χ4n) is 5.78. The van der Waals surface area contributed by atoms with Gasteiger partial charge in [-0.15, -0.1) is 0 Å². The number of carbonyl (C=O) groups excluding carboxylic acids is 3. The number of carboxylic acids is 1. The lowest BCUT2D eigenvalue weighted by Gasteiger charge is -2.29. The molecule has 0 aliphatic heterocycles. The number of aliphatic carboxylic acids is 1. The van der Waals surface area contributed by atoms with Crippen molar-refractivity contribution in [2.24, 2.45) is 16.2 Å². The molecule has 226 valence electrons. The topological polar surface area (TPSA) is 97.7 Å². The Bertz CT molecular complexity index is 1380. The lowest BCUT2D eigenvalue weighted by molar-refractivity contribution is -0.147. The van der Waals surface area contributed by atoms with Gasteiger partial charge in [-0.05, 0) is 88.5 Å². The summed E-state index contributed by atoms with van der Waals surface area (Å²) < 4.78 is 5.18. The van der Waals surface area contributed by atoms with Crippen LogP contribution in [0, 0.1) is 16.2 Å². The van der Waals surface area contributed by atoms with E-state index in [0.717, 1.165) is 16.7 Å². The van der Waals surface area contributed by atoms with Crippen LogP contribution in [0.2, 0.25) is 0 Å². The van der Waals surface area contributed by atoms with E-state index in [1.165, 1.54) is 0 Å². The Labute approximate surface area is 250 Å². The van der Waals surface area contributed by atoms with Crippen LogP contribution >= 0.6 is 0 Å². The van der Waals surface area contributed by atoms with Gasteiger partial charge in [0.05, 0.1) is 5.41 Å². The van der Waals surface area contributed by atoms with Crippen molar-refractivity contribution in [2.75, 3.05) is 0 Å². The highest BCUT2D eigenvalue weighted by molar-refractivity contribution is 6.34. The second kappa shape index (κ2) is 12.4. The number of allylic oxidation sites excluding steroid dienone is 8. The molecule has 0 saturated carbocycles. The molecule has 1 aromatic carbocycles. The molecule has 3 rings (SSSR count). The first-order valence-corrected chi connectivity index (χ1v) is 14.8. The summed E-state index contributed by atoms with van der Waals surface area (Å²) >= 11 is 0. The number of carboxylic acid groups (broad SMARTS) is 1. The van der Waals surface area contributed by atoms with E-state index in [1.807, 2.05) is 76.3 Å². The SMILES string of the molecule is CC1(C)C=C(CCCC(C)(C)OC=O)C(=O)C(c2ccccc2C2=CC(C)(C)C=C(CCCC(C)(C)C(=O)O)C2=O)=C1. The molecule has 0 fully saturated rings. The van der Waals surface area contributed by atoms with Gasteiger partial charge >= 0.3 is 5.97 Å². The average Bonchev–Trinajstić information content (AvgIpc) is 2.87. The maximum absolute atomic E-state index is 13.9. The van der Waals surface area contributed by atoms with Crippen LogP contribution in [0.4, 0.5) is 0 Å². The van der Waals surface area contributed by atoms with E-state index in [9.17, 15) is 24.3 Å². The van der Waals surface area contributed by atoms with E-state index >= 15 is 0 Å². The highest BCUT2D eigenvalue weighted by Gasteiger charge is 2.34. The molecule has 42 heavy (non-hydrogen) atoms. The third-order valence-corrected chi connectivity index (χ3v) is 8.12. The number of benzene rings is 1. The molecule has 0 heterocycles. The summed E-state index contributed by atoms with van der Waals surface area (Å²) in [5.41, 5.74) is 1.80. The van der Waals surface area contributed by atoms with Gasteiger partial charge in [0.15, 0.2) is 11.6 Å². The summed E-state index contributed by atoms with van der Waals surface area (Å²) in [7, 11) is 0. The van der Waals surface area contributed by atoms with Crippen molar-refractivity contribution in [3.63, 3.8) is 0 Å². The summed E-state index contributed by atoms with van der Waals surface area (Å²) in [5, 5.41) is 9.49. The highest BCUT2D eigenvalue weighted by Crippen LogP contribution is 2.42. The van der Waals surface area contributed by atoms with Crippen LogP contribution in [-0.2, 0) is 23.9 Å². The van der Waals surface area contributed by atoms with Crippen molar-refractivity contribution in [1.29, 1.82) is 0 Å². The van der Waals surface area contributed by atoms with Gasteiger partial charge in [0.1, 0.15) is 5.60 Å². The molecular formula is C36H46O6. The van der Waals surface area contributed by atoms with Gasteiger partial charge in [-0.2, -0.15) is 0 Å². The minimum atomic E-state index is -0.859. The van der Waals surface area contributed by atoms with Gasteiger partial charge in [0.25, 0.3) is 6.47 Å². The molecule has 6 heteroatoms. The van der Waals surface area contributed by atoms with Crippen molar-refractivity contribution in [1.82, 2.24) is 0 Å². The largest absolute Gasteiger partial charge is 0.481 e. The van der Waals surface area contributed by atoms with Crippen molar-refractivity contribution in [3.8, 4) is 0 Å². The molecule has 0 unspecified atom stereocenters. The number of hydrogen-bond donors (Lipinski definition) is 1. The number of carbonyl (C=O) groups is 4. The molecule has 1 aromatic rings. The number of rotatable bonds is 13. The lowest BCUT2D eigenvalue weighted by atomic mass is 9.73. The number of ketones is 2. The molecule has 2 aliphatic carbocycles. The van der Waals surface area contributed by atoms with Gasteiger partial charge in [-0.25, -0.2) is 0 Å². The molecule has 0 spiro atoms. The normalized spacial score (nSPS) is 18.5. The van der Waals surface area contributed by atoms with Crippen LogP contribution in [-0.4, -0.2) is 34.7 Å². The molecule has 0 radical (unpaired) electrons. The van der Waals surface area contributed by atoms with Gasteiger partial charge in [0, 0.05) is 22.0 Å². The van der Waals surface area contributed by atoms with Crippen LogP contribution < -0.4 is 0 Å². The maximum atomic E-state index is 13.9. The Morgan fingerprint density at radius 1 is 0.786 bits per heavy atom. The zero-order valence-corrected chi connectivity index (χ0v) is 26.4. The standard InChI is InChI=1S/C36H46O6/c1-33(2)19-24(13-11-17-35(5,6)32(40)41)30(38)28(21-33)26-15-9-10-16-27(26)29-22-34(3,4)20-25(31(29)39)14-12-18-36(7,8)42-23-37/h9-10,15-16,19-23H,11-14,17-18H2,1-8H3,(H,40,41).